The lowest BCUT2D eigenvalue weighted by Gasteiger charge is -2.42. The van der Waals surface area contributed by atoms with Crippen LogP contribution in [-0.2, 0) is 4.79 Å². The molecule has 0 aliphatic carbocycles. The summed E-state index contributed by atoms with van der Waals surface area (Å²) < 4.78 is 18.8. The molecule has 2 heterocycles. The monoisotopic (exact) mass is 421 g/mol. The summed E-state index contributed by atoms with van der Waals surface area (Å²) in [6.07, 6.45) is 0.764. The third kappa shape index (κ3) is 4.69. The number of carbonyl (C=O) groups is 1. The second-order valence-electron chi connectivity index (χ2n) is 8.61. The van der Waals surface area contributed by atoms with Crippen molar-refractivity contribution in [2.75, 3.05) is 6.54 Å². The molecule has 5 nitrogen and oxygen atoms in total. The van der Waals surface area contributed by atoms with E-state index in [1.54, 1.807) is 12.1 Å². The van der Waals surface area contributed by atoms with Crippen LogP contribution < -0.4 is 5.32 Å². The molecular weight excluding hydrogens is 393 g/mol. The summed E-state index contributed by atoms with van der Waals surface area (Å²) in [5, 5.41) is 7.49. The summed E-state index contributed by atoms with van der Waals surface area (Å²) in [4.78, 5) is 15.3. The van der Waals surface area contributed by atoms with Gasteiger partial charge in [0.1, 0.15) is 11.5 Å². The maximum Gasteiger partial charge on any atom is 0.237 e. The average Bonchev–Trinajstić information content (AvgIpc) is 3.25. The van der Waals surface area contributed by atoms with Gasteiger partial charge in [-0.15, -0.1) is 0 Å². The van der Waals surface area contributed by atoms with Crippen molar-refractivity contribution in [2.45, 2.75) is 45.3 Å². The maximum atomic E-state index is 13.2. The zero-order chi connectivity index (χ0) is 22.0. The predicted octanol–water partition coefficient (Wildman–Crippen LogP) is 5.13. The SMILES string of the molecule is CC(C)CC1C(=O)NC(c2ccccc2)CN1C(C)c1cc(-c2ccc(F)cc2)on1. The first-order valence-corrected chi connectivity index (χ1v) is 10.8. The smallest absolute Gasteiger partial charge is 0.237 e. The van der Waals surface area contributed by atoms with Gasteiger partial charge in [0.2, 0.25) is 5.91 Å². The summed E-state index contributed by atoms with van der Waals surface area (Å²) in [5.41, 5.74) is 2.61. The third-order valence-electron chi connectivity index (χ3n) is 5.89. The molecule has 1 saturated heterocycles. The Balaban J connectivity index is 1.61. The number of carbonyl (C=O) groups excluding carboxylic acids is 1. The fourth-order valence-electron chi connectivity index (χ4n) is 4.20. The van der Waals surface area contributed by atoms with Gasteiger partial charge < -0.3 is 9.84 Å². The van der Waals surface area contributed by atoms with Crippen molar-refractivity contribution in [1.29, 1.82) is 0 Å². The van der Waals surface area contributed by atoms with Crippen LogP contribution in [0.4, 0.5) is 4.39 Å². The number of hydrogen-bond acceptors (Lipinski definition) is 4. The first-order valence-electron chi connectivity index (χ1n) is 10.8. The van der Waals surface area contributed by atoms with Gasteiger partial charge in [-0.3, -0.25) is 9.69 Å². The van der Waals surface area contributed by atoms with Crippen LogP contribution >= 0.6 is 0 Å². The van der Waals surface area contributed by atoms with E-state index in [4.69, 9.17) is 4.52 Å². The first kappa shape index (κ1) is 21.2. The summed E-state index contributed by atoms with van der Waals surface area (Å²) in [5.74, 6) is 0.719. The van der Waals surface area contributed by atoms with Gasteiger partial charge in [0.05, 0.1) is 18.1 Å². The van der Waals surface area contributed by atoms with Crippen molar-refractivity contribution < 1.29 is 13.7 Å². The van der Waals surface area contributed by atoms with Gasteiger partial charge in [0.25, 0.3) is 0 Å². The van der Waals surface area contributed by atoms with Crippen molar-refractivity contribution in [2.24, 2.45) is 5.92 Å². The van der Waals surface area contributed by atoms with Crippen molar-refractivity contribution in [1.82, 2.24) is 15.4 Å². The zero-order valence-corrected chi connectivity index (χ0v) is 18.1. The van der Waals surface area contributed by atoms with Crippen LogP contribution in [0.25, 0.3) is 11.3 Å². The summed E-state index contributed by atoms with van der Waals surface area (Å²) in [7, 11) is 0. The molecule has 3 atom stereocenters. The van der Waals surface area contributed by atoms with E-state index >= 15 is 0 Å². The standard InChI is InChI=1S/C25H28FN3O2/c1-16(2)13-23-25(30)27-22(18-7-5-4-6-8-18)15-29(23)17(3)21-14-24(31-28-21)19-9-11-20(26)12-10-19/h4-12,14,16-17,22-23H,13,15H2,1-3H3,(H,27,30). The van der Waals surface area contributed by atoms with Crippen molar-refractivity contribution >= 4 is 5.91 Å². The number of amides is 1. The van der Waals surface area contributed by atoms with Gasteiger partial charge >= 0.3 is 0 Å². The van der Waals surface area contributed by atoms with Gasteiger partial charge in [-0.25, -0.2) is 4.39 Å². The molecule has 1 fully saturated rings. The Morgan fingerprint density at radius 2 is 1.84 bits per heavy atom. The molecule has 3 unspecified atom stereocenters. The van der Waals surface area contributed by atoms with Crippen LogP contribution in [0, 0.1) is 11.7 Å². The zero-order valence-electron chi connectivity index (χ0n) is 18.1. The highest BCUT2D eigenvalue weighted by molar-refractivity contribution is 5.83. The molecule has 3 aromatic rings. The van der Waals surface area contributed by atoms with Crippen molar-refractivity contribution in [3.05, 3.63) is 77.7 Å². The Kier molecular flexibility index (Phi) is 6.18. The second kappa shape index (κ2) is 9.02. The Morgan fingerprint density at radius 3 is 2.52 bits per heavy atom. The van der Waals surface area contributed by atoms with Crippen molar-refractivity contribution in [3.63, 3.8) is 0 Å². The molecule has 0 spiro atoms. The summed E-state index contributed by atoms with van der Waals surface area (Å²) >= 11 is 0. The van der Waals surface area contributed by atoms with Gasteiger partial charge in [0, 0.05) is 18.2 Å². The van der Waals surface area contributed by atoms with Crippen LogP contribution in [0.3, 0.4) is 0 Å². The quantitative estimate of drug-likeness (QED) is 0.599. The van der Waals surface area contributed by atoms with E-state index < -0.39 is 0 Å². The van der Waals surface area contributed by atoms with Gasteiger partial charge in [-0.1, -0.05) is 49.3 Å². The molecule has 4 rings (SSSR count). The van der Waals surface area contributed by atoms with Crippen LogP contribution in [0.1, 0.15) is 50.5 Å². The average molecular weight is 422 g/mol. The molecule has 0 bridgehead atoms. The number of halogens is 1. The number of aromatic nitrogens is 1. The first-order chi connectivity index (χ1) is 14.9. The van der Waals surface area contributed by atoms with Gasteiger partial charge in [0.15, 0.2) is 5.76 Å². The molecule has 1 N–H and O–H groups in total. The molecule has 2 aromatic carbocycles. The fourth-order valence-corrected chi connectivity index (χ4v) is 4.20. The molecular formula is C25H28FN3O2. The number of rotatable bonds is 6. The number of hydrogen-bond donors (Lipinski definition) is 1. The molecule has 1 aliphatic heterocycles. The fraction of sp³-hybridized carbons (Fsp3) is 0.360. The Hall–Kier alpha value is -2.99. The molecule has 6 heteroatoms. The van der Waals surface area contributed by atoms with E-state index in [0.717, 1.165) is 23.2 Å². The Morgan fingerprint density at radius 1 is 1.13 bits per heavy atom. The minimum Gasteiger partial charge on any atom is -0.356 e. The summed E-state index contributed by atoms with van der Waals surface area (Å²) in [6.45, 7) is 7.00. The lowest BCUT2D eigenvalue weighted by molar-refractivity contribution is -0.133. The number of piperazine rings is 1. The van der Waals surface area contributed by atoms with E-state index in [9.17, 15) is 9.18 Å². The van der Waals surface area contributed by atoms with Crippen molar-refractivity contribution in [3.8, 4) is 11.3 Å². The van der Waals surface area contributed by atoms with Crippen LogP contribution in [0.2, 0.25) is 0 Å². The molecule has 1 amide bonds. The molecule has 0 saturated carbocycles. The lowest BCUT2D eigenvalue weighted by atomic mass is 9.93. The summed E-state index contributed by atoms with van der Waals surface area (Å²) in [6, 6.07) is 17.6. The van der Waals surface area contributed by atoms with Gasteiger partial charge in [-0.2, -0.15) is 0 Å². The van der Waals surface area contributed by atoms with Gasteiger partial charge in [-0.05, 0) is 49.1 Å². The van der Waals surface area contributed by atoms with E-state index in [1.807, 2.05) is 36.4 Å². The Labute approximate surface area is 182 Å². The molecule has 162 valence electrons. The van der Waals surface area contributed by atoms with Crippen LogP contribution in [-0.4, -0.2) is 28.6 Å². The van der Waals surface area contributed by atoms with E-state index in [2.05, 4.69) is 36.1 Å². The van der Waals surface area contributed by atoms with E-state index in [1.165, 1.54) is 12.1 Å². The third-order valence-corrected chi connectivity index (χ3v) is 5.89. The normalized spacial score (nSPS) is 20.6. The molecule has 31 heavy (non-hydrogen) atoms. The van der Waals surface area contributed by atoms with Crippen LogP contribution in [0.5, 0.6) is 0 Å². The molecule has 1 aromatic heterocycles. The molecule has 1 aliphatic rings. The van der Waals surface area contributed by atoms with E-state index in [-0.39, 0.29) is 29.8 Å². The minimum absolute atomic E-state index is 0.0444. The maximum absolute atomic E-state index is 13.2. The van der Waals surface area contributed by atoms with E-state index in [0.29, 0.717) is 18.2 Å². The highest BCUT2D eigenvalue weighted by atomic mass is 19.1. The number of nitrogens with zero attached hydrogens (tertiary/aromatic N) is 2. The largest absolute Gasteiger partial charge is 0.356 e. The predicted molar refractivity (Wildman–Crippen MR) is 118 cm³/mol. The Bertz CT molecular complexity index is 1020. The second-order valence-corrected chi connectivity index (χ2v) is 8.61. The highest BCUT2D eigenvalue weighted by Gasteiger charge is 2.38. The molecule has 0 radical (unpaired) electrons. The highest BCUT2D eigenvalue weighted by Crippen LogP contribution is 2.33. The lowest BCUT2D eigenvalue weighted by Crippen LogP contribution is -2.57. The number of benzene rings is 2. The van der Waals surface area contributed by atoms with Crippen LogP contribution in [0.15, 0.2) is 65.2 Å². The topological polar surface area (TPSA) is 58.4 Å². The minimum atomic E-state index is -0.292. The number of nitrogens with one attached hydrogen (secondary N) is 1.